The Morgan fingerprint density at radius 3 is 2.52 bits per heavy atom. The summed E-state index contributed by atoms with van der Waals surface area (Å²) in [5.74, 6) is 0.144. The molecule has 2 atom stereocenters. The number of aromatic amines is 1. The molecule has 0 unspecified atom stereocenters. The monoisotopic (exact) mass is 413 g/mol. The largest absolute Gasteiger partial charge is 0.356 e. The summed E-state index contributed by atoms with van der Waals surface area (Å²) < 4.78 is 0. The van der Waals surface area contributed by atoms with Crippen LogP contribution in [0, 0.1) is 0 Å². The molecule has 1 saturated heterocycles. The highest BCUT2D eigenvalue weighted by atomic mass is 16.2. The number of fused-ring (bicyclic) bond motifs is 5. The van der Waals surface area contributed by atoms with Gasteiger partial charge in [0.15, 0.2) is 5.54 Å². The number of para-hydroxylation sites is 1. The predicted molar refractivity (Wildman–Crippen MR) is 120 cm³/mol. The number of H-pyrrole nitrogens is 1. The summed E-state index contributed by atoms with van der Waals surface area (Å²) in [5, 5.41) is 1.15. The van der Waals surface area contributed by atoms with Crippen molar-refractivity contribution in [2.45, 2.75) is 50.6 Å². The van der Waals surface area contributed by atoms with E-state index in [1.54, 1.807) is 0 Å². The van der Waals surface area contributed by atoms with Gasteiger partial charge >= 0.3 is 0 Å². The van der Waals surface area contributed by atoms with Gasteiger partial charge in [-0.2, -0.15) is 0 Å². The van der Waals surface area contributed by atoms with Crippen molar-refractivity contribution in [3.05, 3.63) is 70.9 Å². The topological polar surface area (TPSA) is 56.4 Å². The standard InChI is InChI=1S/C26H27N3O2/c1-3-16-8-10-17(11-9-16)20-14-29-22(30)15-28(18-12-13-18)25(31)26(29,2)24-23(20)19-6-4-5-7-21(19)27-24/h4-11,18,20,27H,3,12-15H2,1-2H3/t20-,26-/m1/s1. The number of aromatic nitrogens is 1. The zero-order valence-electron chi connectivity index (χ0n) is 18.0. The number of aryl methyl sites for hydroxylation is 1. The molecule has 2 aromatic carbocycles. The van der Waals surface area contributed by atoms with Crippen molar-refractivity contribution in [3.63, 3.8) is 0 Å². The van der Waals surface area contributed by atoms with Crippen LogP contribution in [0.15, 0.2) is 48.5 Å². The van der Waals surface area contributed by atoms with Crippen LogP contribution in [0.25, 0.3) is 10.9 Å². The molecule has 3 aromatic rings. The maximum atomic E-state index is 13.8. The number of carbonyl (C=O) groups excluding carboxylic acids is 2. The molecule has 3 heterocycles. The van der Waals surface area contributed by atoms with Crippen LogP contribution in [0.2, 0.25) is 0 Å². The summed E-state index contributed by atoms with van der Waals surface area (Å²) in [6.07, 6.45) is 3.00. The lowest BCUT2D eigenvalue weighted by molar-refractivity contribution is -0.166. The Kier molecular flexibility index (Phi) is 3.89. The first-order chi connectivity index (χ1) is 15.0. The van der Waals surface area contributed by atoms with Crippen molar-refractivity contribution in [2.75, 3.05) is 13.1 Å². The van der Waals surface area contributed by atoms with Crippen LogP contribution in [0.5, 0.6) is 0 Å². The predicted octanol–water partition coefficient (Wildman–Crippen LogP) is 3.92. The average molecular weight is 414 g/mol. The Balaban J connectivity index is 1.57. The first kappa shape index (κ1) is 18.7. The lowest BCUT2D eigenvalue weighted by Crippen LogP contribution is -2.67. The van der Waals surface area contributed by atoms with Gasteiger partial charge in [0.1, 0.15) is 6.54 Å². The second kappa shape index (κ2) is 6.46. The number of nitrogens with one attached hydrogen (secondary N) is 1. The minimum atomic E-state index is -0.980. The molecule has 0 radical (unpaired) electrons. The molecule has 2 aliphatic heterocycles. The fraction of sp³-hybridized carbons (Fsp3) is 0.385. The smallest absolute Gasteiger partial charge is 0.255 e. The maximum absolute atomic E-state index is 13.8. The van der Waals surface area contributed by atoms with Crippen molar-refractivity contribution in [2.24, 2.45) is 0 Å². The van der Waals surface area contributed by atoms with E-state index < -0.39 is 5.54 Å². The number of amides is 2. The van der Waals surface area contributed by atoms with E-state index >= 15 is 0 Å². The molecule has 5 nitrogen and oxygen atoms in total. The Morgan fingerprint density at radius 1 is 1.06 bits per heavy atom. The Hall–Kier alpha value is -3.08. The third kappa shape index (κ3) is 2.55. The summed E-state index contributed by atoms with van der Waals surface area (Å²) >= 11 is 0. The molecule has 1 aromatic heterocycles. The van der Waals surface area contributed by atoms with E-state index in [9.17, 15) is 9.59 Å². The minimum Gasteiger partial charge on any atom is -0.356 e. The molecular formula is C26H27N3O2. The second-order valence-corrected chi connectivity index (χ2v) is 9.35. The van der Waals surface area contributed by atoms with Crippen LogP contribution in [0.1, 0.15) is 55.0 Å². The molecule has 31 heavy (non-hydrogen) atoms. The van der Waals surface area contributed by atoms with Crippen molar-refractivity contribution >= 4 is 22.7 Å². The molecule has 1 saturated carbocycles. The number of hydrogen-bond donors (Lipinski definition) is 1. The van der Waals surface area contributed by atoms with Crippen molar-refractivity contribution in [1.29, 1.82) is 0 Å². The Bertz CT molecular complexity index is 1210. The number of piperazine rings is 1. The van der Waals surface area contributed by atoms with E-state index in [-0.39, 0.29) is 30.3 Å². The van der Waals surface area contributed by atoms with E-state index in [2.05, 4.69) is 48.3 Å². The number of benzene rings is 2. The molecule has 1 aliphatic carbocycles. The minimum absolute atomic E-state index is 0.0364. The lowest BCUT2D eigenvalue weighted by Gasteiger charge is -2.51. The molecule has 2 fully saturated rings. The number of hydrogen-bond acceptors (Lipinski definition) is 2. The fourth-order valence-corrected chi connectivity index (χ4v) is 5.60. The van der Waals surface area contributed by atoms with E-state index in [1.165, 1.54) is 11.1 Å². The maximum Gasteiger partial charge on any atom is 0.255 e. The van der Waals surface area contributed by atoms with Gasteiger partial charge in [-0.1, -0.05) is 49.4 Å². The summed E-state index contributed by atoms with van der Waals surface area (Å²) in [5.41, 5.74) is 4.58. The van der Waals surface area contributed by atoms with Crippen molar-refractivity contribution in [3.8, 4) is 0 Å². The normalized spacial score (nSPS) is 25.7. The van der Waals surface area contributed by atoms with Gasteiger partial charge in [0, 0.05) is 29.4 Å². The molecule has 0 spiro atoms. The van der Waals surface area contributed by atoms with Gasteiger partial charge in [0.2, 0.25) is 5.91 Å². The van der Waals surface area contributed by atoms with Crippen LogP contribution in [-0.4, -0.2) is 45.7 Å². The first-order valence-electron chi connectivity index (χ1n) is 11.3. The molecular weight excluding hydrogens is 386 g/mol. The quantitative estimate of drug-likeness (QED) is 0.708. The van der Waals surface area contributed by atoms with E-state index in [0.29, 0.717) is 6.54 Å². The van der Waals surface area contributed by atoms with Gasteiger partial charge in [-0.3, -0.25) is 9.59 Å². The third-order valence-corrected chi connectivity index (χ3v) is 7.55. The fourth-order valence-electron chi connectivity index (χ4n) is 5.60. The van der Waals surface area contributed by atoms with Crippen molar-refractivity contribution < 1.29 is 9.59 Å². The zero-order valence-corrected chi connectivity index (χ0v) is 18.0. The molecule has 0 bridgehead atoms. The lowest BCUT2D eigenvalue weighted by atomic mass is 9.76. The summed E-state index contributed by atoms with van der Waals surface area (Å²) in [7, 11) is 0. The molecule has 158 valence electrons. The van der Waals surface area contributed by atoms with Crippen molar-refractivity contribution in [1.82, 2.24) is 14.8 Å². The summed E-state index contributed by atoms with van der Waals surface area (Å²) in [4.78, 5) is 34.4. The number of carbonyl (C=O) groups is 2. The van der Waals surface area contributed by atoms with Crippen LogP contribution in [0.3, 0.4) is 0 Å². The zero-order chi connectivity index (χ0) is 21.3. The number of rotatable bonds is 3. The van der Waals surface area contributed by atoms with Gasteiger partial charge in [-0.25, -0.2) is 0 Å². The molecule has 2 amide bonds. The summed E-state index contributed by atoms with van der Waals surface area (Å²) in [6, 6.07) is 17.2. The van der Waals surface area contributed by atoms with E-state index in [0.717, 1.165) is 41.4 Å². The van der Waals surface area contributed by atoms with Gasteiger partial charge in [-0.05, 0) is 48.9 Å². The van der Waals surface area contributed by atoms with Crippen LogP contribution >= 0.6 is 0 Å². The van der Waals surface area contributed by atoms with Crippen LogP contribution in [-0.2, 0) is 21.5 Å². The highest BCUT2D eigenvalue weighted by Gasteiger charge is 2.58. The number of nitrogens with zero attached hydrogens (tertiary/aromatic N) is 2. The Labute approximate surface area is 182 Å². The molecule has 1 N–H and O–H groups in total. The van der Waals surface area contributed by atoms with Gasteiger partial charge < -0.3 is 14.8 Å². The van der Waals surface area contributed by atoms with Gasteiger partial charge in [-0.15, -0.1) is 0 Å². The highest BCUT2D eigenvalue weighted by molar-refractivity contribution is 6.01. The van der Waals surface area contributed by atoms with E-state index in [4.69, 9.17) is 0 Å². The molecule has 6 rings (SSSR count). The van der Waals surface area contributed by atoms with E-state index in [1.807, 2.05) is 28.9 Å². The van der Waals surface area contributed by atoms with Crippen LogP contribution < -0.4 is 0 Å². The Morgan fingerprint density at radius 2 is 1.81 bits per heavy atom. The average Bonchev–Trinajstić information content (AvgIpc) is 3.56. The second-order valence-electron chi connectivity index (χ2n) is 9.35. The first-order valence-corrected chi connectivity index (χ1v) is 11.3. The molecule has 3 aliphatic rings. The van der Waals surface area contributed by atoms with Gasteiger partial charge in [0.25, 0.3) is 5.91 Å². The summed E-state index contributed by atoms with van der Waals surface area (Å²) in [6.45, 7) is 4.82. The highest BCUT2D eigenvalue weighted by Crippen LogP contribution is 2.49. The van der Waals surface area contributed by atoms with Gasteiger partial charge in [0.05, 0.1) is 5.69 Å². The SMILES string of the molecule is CCc1ccc([C@H]2CN3C(=O)CN(C4CC4)C(=O)[C@@]3(C)c3[nH]c4ccccc4c32)cc1. The van der Waals surface area contributed by atoms with Crippen LogP contribution in [0.4, 0.5) is 0 Å². The third-order valence-electron chi connectivity index (χ3n) is 7.55. The molecule has 5 heteroatoms.